The molecule has 3 aliphatic heterocycles. The van der Waals surface area contributed by atoms with E-state index in [0.717, 1.165) is 25.9 Å². The molecule has 0 aliphatic carbocycles. The zero-order valence-corrected chi connectivity index (χ0v) is 16.2. The quantitative estimate of drug-likeness (QED) is 0.786. The number of ether oxygens (including phenoxy) is 2. The molecule has 4 rings (SSSR count). The Bertz CT molecular complexity index is 794. The highest BCUT2D eigenvalue weighted by Crippen LogP contribution is 2.35. The van der Waals surface area contributed by atoms with E-state index in [1.807, 2.05) is 4.90 Å². The van der Waals surface area contributed by atoms with Crippen LogP contribution in [0.15, 0.2) is 23.1 Å². The van der Waals surface area contributed by atoms with Crippen LogP contribution in [0.5, 0.6) is 11.5 Å². The average molecular weight is 394 g/mol. The molecule has 0 N–H and O–H groups in total. The van der Waals surface area contributed by atoms with E-state index in [1.165, 1.54) is 23.2 Å². The molecule has 1 aromatic rings. The molecule has 3 heterocycles. The summed E-state index contributed by atoms with van der Waals surface area (Å²) in [6.07, 6.45) is 5.69. The van der Waals surface area contributed by atoms with E-state index in [1.54, 1.807) is 12.1 Å². The number of likely N-dealkylation sites (tertiary alicyclic amines) is 1. The summed E-state index contributed by atoms with van der Waals surface area (Å²) in [6, 6.07) is 4.70. The lowest BCUT2D eigenvalue weighted by Gasteiger charge is -2.33. The number of rotatable bonds is 3. The van der Waals surface area contributed by atoms with Crippen molar-refractivity contribution in [1.29, 1.82) is 0 Å². The predicted octanol–water partition coefficient (Wildman–Crippen LogP) is 2.22. The van der Waals surface area contributed by atoms with Gasteiger partial charge in [-0.15, -0.1) is 0 Å². The number of carbonyl (C=O) groups is 1. The fourth-order valence-corrected chi connectivity index (χ4v) is 5.56. The lowest BCUT2D eigenvalue weighted by atomic mass is 9.96. The van der Waals surface area contributed by atoms with E-state index in [2.05, 4.69) is 0 Å². The Labute approximate surface area is 160 Å². The second-order valence-electron chi connectivity index (χ2n) is 7.43. The van der Waals surface area contributed by atoms with Crippen molar-refractivity contribution in [3.05, 3.63) is 18.2 Å². The van der Waals surface area contributed by atoms with Crippen LogP contribution in [-0.2, 0) is 14.8 Å². The van der Waals surface area contributed by atoms with Crippen LogP contribution in [0.1, 0.15) is 38.5 Å². The summed E-state index contributed by atoms with van der Waals surface area (Å²) in [4.78, 5) is 15.0. The number of benzene rings is 1. The first-order valence-corrected chi connectivity index (χ1v) is 11.2. The van der Waals surface area contributed by atoms with Crippen LogP contribution in [0.3, 0.4) is 0 Å². The number of hydrogen-bond donors (Lipinski definition) is 0. The van der Waals surface area contributed by atoms with Crippen molar-refractivity contribution >= 4 is 15.9 Å². The van der Waals surface area contributed by atoms with Gasteiger partial charge in [0, 0.05) is 38.2 Å². The molecule has 3 aliphatic rings. The van der Waals surface area contributed by atoms with Crippen molar-refractivity contribution < 1.29 is 22.7 Å². The topological polar surface area (TPSA) is 76.2 Å². The molecule has 1 aromatic carbocycles. The molecule has 0 spiro atoms. The Morgan fingerprint density at radius 3 is 2.30 bits per heavy atom. The van der Waals surface area contributed by atoms with Crippen molar-refractivity contribution in [1.82, 2.24) is 9.21 Å². The monoisotopic (exact) mass is 394 g/mol. The summed E-state index contributed by atoms with van der Waals surface area (Å²) in [6.45, 7) is 2.55. The molecular formula is C19H26N2O5S. The minimum atomic E-state index is -3.59. The first-order valence-electron chi connectivity index (χ1n) is 9.74. The van der Waals surface area contributed by atoms with Crippen molar-refractivity contribution in [3.8, 4) is 11.5 Å². The van der Waals surface area contributed by atoms with Gasteiger partial charge in [-0.25, -0.2) is 8.42 Å². The zero-order chi connectivity index (χ0) is 18.9. The minimum absolute atomic E-state index is 0.0636. The molecule has 8 heteroatoms. The van der Waals surface area contributed by atoms with Gasteiger partial charge >= 0.3 is 0 Å². The summed E-state index contributed by atoms with van der Waals surface area (Å²) >= 11 is 0. The van der Waals surface area contributed by atoms with Crippen LogP contribution in [0, 0.1) is 5.92 Å². The van der Waals surface area contributed by atoms with E-state index in [9.17, 15) is 13.2 Å². The van der Waals surface area contributed by atoms with E-state index >= 15 is 0 Å². The molecule has 2 fully saturated rings. The highest BCUT2D eigenvalue weighted by atomic mass is 32.2. The number of piperidine rings is 1. The molecule has 1 amide bonds. The maximum atomic E-state index is 12.9. The maximum absolute atomic E-state index is 12.9. The van der Waals surface area contributed by atoms with Crippen LogP contribution in [-0.4, -0.2) is 56.5 Å². The summed E-state index contributed by atoms with van der Waals surface area (Å²) in [5.74, 6) is 1.17. The molecule has 0 bridgehead atoms. The Morgan fingerprint density at radius 2 is 1.59 bits per heavy atom. The van der Waals surface area contributed by atoms with Crippen molar-refractivity contribution in [2.24, 2.45) is 5.92 Å². The van der Waals surface area contributed by atoms with Gasteiger partial charge in [-0.2, -0.15) is 4.31 Å². The van der Waals surface area contributed by atoms with Gasteiger partial charge in [0.15, 0.2) is 11.5 Å². The SMILES string of the molecule is O=C(C1CCN(S(=O)(=O)c2ccc3c(c2)OCO3)CC1)N1CCCCCC1. The lowest BCUT2D eigenvalue weighted by molar-refractivity contribution is -0.136. The minimum Gasteiger partial charge on any atom is -0.454 e. The molecule has 0 saturated carbocycles. The number of amides is 1. The molecule has 0 unspecified atom stereocenters. The smallest absolute Gasteiger partial charge is 0.243 e. The number of carbonyl (C=O) groups excluding carboxylic acids is 1. The van der Waals surface area contributed by atoms with E-state index in [-0.39, 0.29) is 23.5 Å². The Morgan fingerprint density at radius 1 is 0.926 bits per heavy atom. The largest absolute Gasteiger partial charge is 0.454 e. The van der Waals surface area contributed by atoms with Crippen molar-refractivity contribution in [2.75, 3.05) is 33.0 Å². The molecule has 148 valence electrons. The van der Waals surface area contributed by atoms with Gasteiger partial charge in [0.05, 0.1) is 4.90 Å². The van der Waals surface area contributed by atoms with Crippen LogP contribution < -0.4 is 9.47 Å². The van der Waals surface area contributed by atoms with Gasteiger partial charge < -0.3 is 14.4 Å². The van der Waals surface area contributed by atoms with Gasteiger partial charge in [-0.05, 0) is 37.8 Å². The standard InChI is InChI=1S/C19H26N2O5S/c22-19(20-9-3-1-2-4-10-20)15-7-11-21(12-8-15)27(23,24)16-5-6-17-18(13-16)26-14-25-17/h5-6,13,15H,1-4,7-12,14H2. The van der Waals surface area contributed by atoms with Crippen LogP contribution in [0.25, 0.3) is 0 Å². The second kappa shape index (κ2) is 7.67. The number of hydrogen-bond acceptors (Lipinski definition) is 5. The van der Waals surface area contributed by atoms with Gasteiger partial charge in [0.1, 0.15) is 0 Å². The van der Waals surface area contributed by atoms with E-state index in [4.69, 9.17) is 9.47 Å². The average Bonchev–Trinajstić information content (AvgIpc) is 2.99. The molecule has 0 atom stereocenters. The first-order chi connectivity index (χ1) is 13.1. The van der Waals surface area contributed by atoms with E-state index in [0.29, 0.717) is 37.4 Å². The second-order valence-corrected chi connectivity index (χ2v) is 9.37. The highest BCUT2D eigenvalue weighted by molar-refractivity contribution is 7.89. The van der Waals surface area contributed by atoms with Crippen LogP contribution in [0.2, 0.25) is 0 Å². The van der Waals surface area contributed by atoms with Crippen LogP contribution >= 0.6 is 0 Å². The van der Waals surface area contributed by atoms with Gasteiger partial charge in [-0.3, -0.25) is 4.79 Å². The van der Waals surface area contributed by atoms with Crippen molar-refractivity contribution in [3.63, 3.8) is 0 Å². The molecule has 0 aromatic heterocycles. The first kappa shape index (κ1) is 18.6. The predicted molar refractivity (Wildman–Crippen MR) is 99.1 cm³/mol. The molecule has 0 radical (unpaired) electrons. The summed E-state index contributed by atoms with van der Waals surface area (Å²) in [5, 5.41) is 0. The maximum Gasteiger partial charge on any atom is 0.243 e. The summed E-state index contributed by atoms with van der Waals surface area (Å²) in [7, 11) is -3.59. The summed E-state index contributed by atoms with van der Waals surface area (Å²) < 4.78 is 37.9. The number of nitrogens with zero attached hydrogens (tertiary/aromatic N) is 2. The molecule has 7 nitrogen and oxygen atoms in total. The molecule has 27 heavy (non-hydrogen) atoms. The van der Waals surface area contributed by atoms with Crippen molar-refractivity contribution in [2.45, 2.75) is 43.4 Å². The normalized spacial score (nSPS) is 21.9. The Kier molecular flexibility index (Phi) is 5.27. The van der Waals surface area contributed by atoms with Gasteiger partial charge in [-0.1, -0.05) is 12.8 Å². The third-order valence-corrected chi connectivity index (χ3v) is 7.60. The Hall–Kier alpha value is -1.80. The molecule has 2 saturated heterocycles. The van der Waals surface area contributed by atoms with Gasteiger partial charge in [0.25, 0.3) is 0 Å². The fourth-order valence-electron chi connectivity index (χ4n) is 4.08. The third kappa shape index (κ3) is 3.78. The number of sulfonamides is 1. The number of fused-ring (bicyclic) bond motifs is 1. The zero-order valence-electron chi connectivity index (χ0n) is 15.4. The Balaban J connectivity index is 1.40. The molecular weight excluding hydrogens is 368 g/mol. The van der Waals surface area contributed by atoms with Gasteiger partial charge in [0.2, 0.25) is 22.7 Å². The lowest BCUT2D eigenvalue weighted by Crippen LogP contribution is -2.44. The highest BCUT2D eigenvalue weighted by Gasteiger charge is 2.34. The summed E-state index contributed by atoms with van der Waals surface area (Å²) in [5.41, 5.74) is 0. The fraction of sp³-hybridized carbons (Fsp3) is 0.632. The van der Waals surface area contributed by atoms with Crippen LogP contribution in [0.4, 0.5) is 0 Å². The third-order valence-electron chi connectivity index (χ3n) is 5.70. The van der Waals surface area contributed by atoms with E-state index < -0.39 is 10.0 Å².